The quantitative estimate of drug-likeness (QED) is 0.720. The predicted molar refractivity (Wildman–Crippen MR) is 59.4 cm³/mol. The summed E-state index contributed by atoms with van der Waals surface area (Å²) in [4.78, 5) is 11.6. The molecule has 0 aromatic carbocycles. The highest BCUT2D eigenvalue weighted by atomic mass is 35.5. The summed E-state index contributed by atoms with van der Waals surface area (Å²) in [5, 5.41) is 2.95. The zero-order valence-electron chi connectivity index (χ0n) is 9.43. The smallest absolute Gasteiger partial charge is 0.223 e. The molecule has 2 unspecified atom stereocenters. The van der Waals surface area contributed by atoms with E-state index in [1.54, 1.807) is 0 Å². The van der Waals surface area contributed by atoms with Gasteiger partial charge in [-0.1, -0.05) is 27.7 Å². The highest BCUT2D eigenvalue weighted by molar-refractivity contribution is 6.21. The molecule has 0 aromatic rings. The summed E-state index contributed by atoms with van der Waals surface area (Å²) < 4.78 is 0. The Hall–Kier alpha value is -0.240. The number of hydrogen-bond donors (Lipinski definition) is 1. The molecule has 1 amide bonds. The van der Waals surface area contributed by atoms with Crippen molar-refractivity contribution in [3.8, 4) is 0 Å². The molecule has 14 heavy (non-hydrogen) atoms. The van der Waals surface area contributed by atoms with Crippen molar-refractivity contribution >= 4 is 17.5 Å². The number of nitrogens with one attached hydrogen (secondary N) is 1. The van der Waals surface area contributed by atoms with Crippen LogP contribution in [0.2, 0.25) is 0 Å². The topological polar surface area (TPSA) is 29.1 Å². The van der Waals surface area contributed by atoms with Crippen LogP contribution in [0.1, 0.15) is 34.1 Å². The number of halogens is 1. The second kappa shape index (κ2) is 4.09. The minimum absolute atomic E-state index is 0.0424. The summed E-state index contributed by atoms with van der Waals surface area (Å²) in [5.41, 5.74) is 0.212. The molecule has 0 bridgehead atoms. The molecule has 2 atom stereocenters. The SMILES string of the molecule is CC(C)C(Cl)CNC(=O)C1CC1(C)C. The van der Waals surface area contributed by atoms with Crippen molar-refractivity contribution in [3.05, 3.63) is 0 Å². The van der Waals surface area contributed by atoms with Gasteiger partial charge in [0.25, 0.3) is 0 Å². The molecular weight excluding hydrogens is 198 g/mol. The van der Waals surface area contributed by atoms with Crippen LogP contribution >= 0.6 is 11.6 Å². The molecule has 1 N–H and O–H groups in total. The second-order valence-electron chi connectivity index (χ2n) is 5.25. The maximum absolute atomic E-state index is 11.6. The molecule has 3 heteroatoms. The van der Waals surface area contributed by atoms with Crippen molar-refractivity contribution in [2.45, 2.75) is 39.5 Å². The van der Waals surface area contributed by atoms with Crippen molar-refractivity contribution in [3.63, 3.8) is 0 Å². The Morgan fingerprint density at radius 2 is 2.07 bits per heavy atom. The van der Waals surface area contributed by atoms with E-state index in [1.165, 1.54) is 0 Å². The molecule has 2 nitrogen and oxygen atoms in total. The number of alkyl halides is 1. The van der Waals surface area contributed by atoms with Gasteiger partial charge in [0.15, 0.2) is 0 Å². The molecular formula is C11H20ClNO. The third-order valence-corrected chi connectivity index (χ3v) is 3.68. The number of carbonyl (C=O) groups excluding carboxylic acids is 1. The monoisotopic (exact) mass is 217 g/mol. The van der Waals surface area contributed by atoms with Crippen LogP contribution in [0.3, 0.4) is 0 Å². The van der Waals surface area contributed by atoms with E-state index < -0.39 is 0 Å². The average Bonchev–Trinajstić information content (AvgIpc) is 2.70. The van der Waals surface area contributed by atoms with Crippen LogP contribution in [-0.2, 0) is 4.79 Å². The first kappa shape index (κ1) is 11.8. The molecule has 1 fully saturated rings. The van der Waals surface area contributed by atoms with Gasteiger partial charge in [-0.25, -0.2) is 0 Å². The Bertz CT molecular complexity index is 225. The van der Waals surface area contributed by atoms with Crippen LogP contribution in [0, 0.1) is 17.3 Å². The zero-order valence-corrected chi connectivity index (χ0v) is 10.2. The van der Waals surface area contributed by atoms with Gasteiger partial charge in [-0.05, 0) is 17.8 Å². The molecule has 0 radical (unpaired) electrons. The van der Waals surface area contributed by atoms with Crippen molar-refractivity contribution < 1.29 is 4.79 Å². The van der Waals surface area contributed by atoms with Gasteiger partial charge in [0.1, 0.15) is 0 Å². The van der Waals surface area contributed by atoms with E-state index in [4.69, 9.17) is 11.6 Å². The van der Waals surface area contributed by atoms with Crippen molar-refractivity contribution in [2.24, 2.45) is 17.3 Å². The van der Waals surface area contributed by atoms with Gasteiger partial charge < -0.3 is 5.32 Å². The minimum atomic E-state index is 0.0424. The lowest BCUT2D eigenvalue weighted by molar-refractivity contribution is -0.122. The van der Waals surface area contributed by atoms with Gasteiger partial charge in [0.2, 0.25) is 5.91 Å². The summed E-state index contributed by atoms with van der Waals surface area (Å²) in [6.45, 7) is 8.95. The van der Waals surface area contributed by atoms with Gasteiger partial charge in [-0.15, -0.1) is 11.6 Å². The largest absolute Gasteiger partial charge is 0.354 e. The van der Waals surface area contributed by atoms with Gasteiger partial charge in [0, 0.05) is 12.5 Å². The Kier molecular flexibility index (Phi) is 3.46. The van der Waals surface area contributed by atoms with E-state index in [0.717, 1.165) is 6.42 Å². The molecule has 1 aliphatic rings. The van der Waals surface area contributed by atoms with Crippen LogP contribution in [0.15, 0.2) is 0 Å². The van der Waals surface area contributed by atoms with Gasteiger partial charge >= 0.3 is 0 Å². The summed E-state index contributed by atoms with van der Waals surface area (Å²) in [6, 6.07) is 0. The fourth-order valence-electron chi connectivity index (χ4n) is 1.47. The van der Waals surface area contributed by atoms with E-state index in [9.17, 15) is 4.79 Å². The molecule has 0 spiro atoms. The van der Waals surface area contributed by atoms with Crippen molar-refractivity contribution in [2.75, 3.05) is 6.54 Å². The number of hydrogen-bond acceptors (Lipinski definition) is 1. The number of rotatable bonds is 4. The summed E-state index contributed by atoms with van der Waals surface area (Å²) >= 11 is 6.04. The van der Waals surface area contributed by atoms with E-state index in [0.29, 0.717) is 12.5 Å². The van der Waals surface area contributed by atoms with Crippen LogP contribution < -0.4 is 5.32 Å². The van der Waals surface area contributed by atoms with Crippen molar-refractivity contribution in [1.82, 2.24) is 5.32 Å². The van der Waals surface area contributed by atoms with Crippen LogP contribution in [0.4, 0.5) is 0 Å². The normalized spacial score (nSPS) is 26.0. The lowest BCUT2D eigenvalue weighted by Gasteiger charge is -2.14. The zero-order chi connectivity index (χ0) is 10.9. The van der Waals surface area contributed by atoms with Gasteiger partial charge in [0.05, 0.1) is 5.38 Å². The van der Waals surface area contributed by atoms with Crippen molar-refractivity contribution in [1.29, 1.82) is 0 Å². The Balaban J connectivity index is 2.23. The molecule has 1 saturated carbocycles. The first-order valence-corrected chi connectivity index (χ1v) is 5.70. The summed E-state index contributed by atoms with van der Waals surface area (Å²) in [7, 11) is 0. The van der Waals surface area contributed by atoms with Crippen LogP contribution in [0.5, 0.6) is 0 Å². The molecule has 1 aliphatic carbocycles. The molecule has 0 aliphatic heterocycles. The summed E-state index contributed by atoms with van der Waals surface area (Å²) in [6.07, 6.45) is 1.01. The fraction of sp³-hybridized carbons (Fsp3) is 0.909. The van der Waals surface area contributed by atoms with E-state index in [1.807, 2.05) is 0 Å². The highest BCUT2D eigenvalue weighted by Crippen LogP contribution is 2.51. The first-order chi connectivity index (χ1) is 6.34. The lowest BCUT2D eigenvalue weighted by atomic mass is 10.1. The first-order valence-electron chi connectivity index (χ1n) is 5.26. The van der Waals surface area contributed by atoms with Crippen LogP contribution in [-0.4, -0.2) is 17.8 Å². The molecule has 82 valence electrons. The minimum Gasteiger partial charge on any atom is -0.354 e. The molecule has 0 heterocycles. The second-order valence-corrected chi connectivity index (χ2v) is 5.81. The molecule has 0 aromatic heterocycles. The maximum atomic E-state index is 11.6. The van der Waals surface area contributed by atoms with Gasteiger partial charge in [-0.3, -0.25) is 4.79 Å². The molecule has 0 saturated heterocycles. The average molecular weight is 218 g/mol. The number of carbonyl (C=O) groups is 1. The van der Waals surface area contributed by atoms with E-state index in [-0.39, 0.29) is 22.6 Å². The van der Waals surface area contributed by atoms with Gasteiger partial charge in [-0.2, -0.15) is 0 Å². The Morgan fingerprint density at radius 3 is 2.43 bits per heavy atom. The number of amides is 1. The van der Waals surface area contributed by atoms with Crippen LogP contribution in [0.25, 0.3) is 0 Å². The third kappa shape index (κ3) is 2.88. The molecule has 1 rings (SSSR count). The Labute approximate surface area is 91.4 Å². The summed E-state index contributed by atoms with van der Waals surface area (Å²) in [5.74, 6) is 0.781. The third-order valence-electron chi connectivity index (χ3n) is 3.02. The fourth-order valence-corrected chi connectivity index (χ4v) is 1.55. The standard InChI is InChI=1S/C11H20ClNO/c1-7(2)9(12)6-13-10(14)8-5-11(8,3)4/h7-9H,5-6H2,1-4H3,(H,13,14). The Morgan fingerprint density at radius 1 is 1.57 bits per heavy atom. The van der Waals surface area contributed by atoms with E-state index in [2.05, 4.69) is 33.0 Å². The van der Waals surface area contributed by atoms with E-state index >= 15 is 0 Å². The highest BCUT2D eigenvalue weighted by Gasteiger charge is 2.50. The maximum Gasteiger partial charge on any atom is 0.223 e. The predicted octanol–water partition coefficient (Wildman–Crippen LogP) is 2.41. The lowest BCUT2D eigenvalue weighted by Crippen LogP contribution is -2.33.